The van der Waals surface area contributed by atoms with Gasteiger partial charge in [-0.15, -0.1) is 0 Å². The third-order valence-electron chi connectivity index (χ3n) is 2.86. The van der Waals surface area contributed by atoms with Gasteiger partial charge in [0.15, 0.2) is 0 Å². The highest BCUT2D eigenvalue weighted by Crippen LogP contribution is 2.17. The van der Waals surface area contributed by atoms with Gasteiger partial charge in [0, 0.05) is 6.04 Å². The number of furan rings is 1. The van der Waals surface area contributed by atoms with Crippen LogP contribution in [0.25, 0.3) is 0 Å². The number of ether oxygens (including phenoxy) is 1. The molecule has 0 aliphatic heterocycles. The summed E-state index contributed by atoms with van der Waals surface area (Å²) in [5.41, 5.74) is -0.0802. The summed E-state index contributed by atoms with van der Waals surface area (Å²) in [6.07, 6.45) is 0.996. The summed E-state index contributed by atoms with van der Waals surface area (Å²) in [6, 6.07) is 4.47. The minimum atomic E-state index is -0.0802. The molecule has 17 heavy (non-hydrogen) atoms. The lowest BCUT2D eigenvalue weighted by Gasteiger charge is -2.22. The molecule has 98 valence electrons. The van der Waals surface area contributed by atoms with E-state index in [1.165, 1.54) is 0 Å². The van der Waals surface area contributed by atoms with Gasteiger partial charge in [0.2, 0.25) is 0 Å². The van der Waals surface area contributed by atoms with Crippen LogP contribution in [0.2, 0.25) is 0 Å². The molecule has 1 heterocycles. The Labute approximate surface area is 105 Å². The fraction of sp³-hybridized carbons (Fsp3) is 0.714. The van der Waals surface area contributed by atoms with Gasteiger partial charge >= 0.3 is 0 Å². The van der Waals surface area contributed by atoms with E-state index < -0.39 is 0 Å². The molecule has 0 saturated heterocycles. The van der Waals surface area contributed by atoms with Crippen molar-refractivity contribution in [3.63, 3.8) is 0 Å². The Hall–Kier alpha value is -0.800. The van der Waals surface area contributed by atoms with Gasteiger partial charge in [0.05, 0.1) is 12.1 Å². The van der Waals surface area contributed by atoms with Crippen LogP contribution >= 0.6 is 0 Å². The van der Waals surface area contributed by atoms with Crippen molar-refractivity contribution >= 4 is 0 Å². The topological polar surface area (TPSA) is 34.4 Å². The molecule has 0 atom stereocenters. The largest absolute Gasteiger partial charge is 0.462 e. The predicted octanol–water partition coefficient (Wildman–Crippen LogP) is 3.48. The summed E-state index contributed by atoms with van der Waals surface area (Å²) in [4.78, 5) is 0. The average molecular weight is 239 g/mol. The van der Waals surface area contributed by atoms with Crippen LogP contribution in [0, 0.1) is 0 Å². The maximum atomic E-state index is 5.79. The molecule has 1 rings (SSSR count). The van der Waals surface area contributed by atoms with Crippen LogP contribution in [-0.2, 0) is 17.9 Å². The van der Waals surface area contributed by atoms with Gasteiger partial charge in [0.1, 0.15) is 18.1 Å². The van der Waals surface area contributed by atoms with Gasteiger partial charge in [-0.05, 0) is 32.4 Å². The lowest BCUT2D eigenvalue weighted by Crippen LogP contribution is -2.22. The zero-order valence-corrected chi connectivity index (χ0v) is 11.7. The van der Waals surface area contributed by atoms with Crippen LogP contribution < -0.4 is 5.32 Å². The van der Waals surface area contributed by atoms with Gasteiger partial charge in [-0.1, -0.05) is 20.8 Å². The first-order chi connectivity index (χ1) is 7.93. The van der Waals surface area contributed by atoms with Crippen LogP contribution in [0.1, 0.15) is 52.6 Å². The van der Waals surface area contributed by atoms with Crippen molar-refractivity contribution in [1.82, 2.24) is 5.32 Å². The standard InChI is InChI=1S/C14H25NO2/c1-6-14(4,5)16-10-13-8-7-12(17-13)9-15-11(2)3/h7-8,11,15H,6,9-10H2,1-5H3. The summed E-state index contributed by atoms with van der Waals surface area (Å²) >= 11 is 0. The normalized spacial score (nSPS) is 12.4. The van der Waals surface area contributed by atoms with E-state index in [1.54, 1.807) is 0 Å². The molecule has 1 aromatic rings. The highest BCUT2D eigenvalue weighted by molar-refractivity contribution is 5.06. The van der Waals surface area contributed by atoms with Gasteiger partial charge in [-0.3, -0.25) is 0 Å². The maximum absolute atomic E-state index is 5.79. The van der Waals surface area contributed by atoms with Crippen molar-refractivity contribution in [3.8, 4) is 0 Å². The molecule has 0 aromatic carbocycles. The third-order valence-corrected chi connectivity index (χ3v) is 2.86. The van der Waals surface area contributed by atoms with E-state index in [0.717, 1.165) is 24.5 Å². The van der Waals surface area contributed by atoms with E-state index in [4.69, 9.17) is 9.15 Å². The van der Waals surface area contributed by atoms with Crippen LogP contribution in [0.5, 0.6) is 0 Å². The van der Waals surface area contributed by atoms with Gasteiger partial charge < -0.3 is 14.5 Å². The first kappa shape index (κ1) is 14.3. The maximum Gasteiger partial charge on any atom is 0.129 e. The van der Waals surface area contributed by atoms with Crippen molar-refractivity contribution in [1.29, 1.82) is 0 Å². The summed E-state index contributed by atoms with van der Waals surface area (Å²) < 4.78 is 11.5. The fourth-order valence-electron chi connectivity index (χ4n) is 1.27. The molecule has 0 unspecified atom stereocenters. The molecule has 0 aliphatic carbocycles. The van der Waals surface area contributed by atoms with Crippen molar-refractivity contribution in [3.05, 3.63) is 23.7 Å². The van der Waals surface area contributed by atoms with E-state index >= 15 is 0 Å². The van der Waals surface area contributed by atoms with Crippen molar-refractivity contribution < 1.29 is 9.15 Å². The second-order valence-electron chi connectivity index (χ2n) is 5.31. The second kappa shape index (κ2) is 6.22. The van der Waals surface area contributed by atoms with E-state index in [-0.39, 0.29) is 5.60 Å². The molecule has 3 heteroatoms. The van der Waals surface area contributed by atoms with E-state index in [0.29, 0.717) is 12.6 Å². The third kappa shape index (κ3) is 5.37. The minimum Gasteiger partial charge on any atom is -0.462 e. The average Bonchev–Trinajstić information content (AvgIpc) is 2.72. The molecule has 0 fully saturated rings. The molecule has 0 bridgehead atoms. The van der Waals surface area contributed by atoms with Crippen LogP contribution in [0.4, 0.5) is 0 Å². The van der Waals surface area contributed by atoms with Crippen LogP contribution in [-0.4, -0.2) is 11.6 Å². The molecule has 1 N–H and O–H groups in total. The van der Waals surface area contributed by atoms with E-state index in [9.17, 15) is 0 Å². The highest BCUT2D eigenvalue weighted by atomic mass is 16.5. The quantitative estimate of drug-likeness (QED) is 0.791. The van der Waals surface area contributed by atoms with Crippen molar-refractivity contribution in [2.24, 2.45) is 0 Å². The Morgan fingerprint density at radius 1 is 1.29 bits per heavy atom. The van der Waals surface area contributed by atoms with Gasteiger partial charge in [-0.2, -0.15) is 0 Å². The summed E-state index contributed by atoms with van der Waals surface area (Å²) in [5.74, 6) is 1.86. The van der Waals surface area contributed by atoms with Crippen molar-refractivity contribution in [2.45, 2.75) is 65.8 Å². The van der Waals surface area contributed by atoms with Crippen molar-refractivity contribution in [2.75, 3.05) is 0 Å². The smallest absolute Gasteiger partial charge is 0.129 e. The lowest BCUT2D eigenvalue weighted by atomic mass is 10.1. The van der Waals surface area contributed by atoms with Crippen LogP contribution in [0.15, 0.2) is 16.5 Å². The first-order valence-electron chi connectivity index (χ1n) is 6.38. The van der Waals surface area contributed by atoms with Crippen LogP contribution in [0.3, 0.4) is 0 Å². The number of nitrogens with one attached hydrogen (secondary N) is 1. The molecular weight excluding hydrogens is 214 g/mol. The minimum absolute atomic E-state index is 0.0802. The Bertz CT molecular complexity index is 329. The highest BCUT2D eigenvalue weighted by Gasteiger charge is 2.16. The predicted molar refractivity (Wildman–Crippen MR) is 69.8 cm³/mol. The molecule has 0 radical (unpaired) electrons. The Morgan fingerprint density at radius 2 is 1.94 bits per heavy atom. The fourth-order valence-corrected chi connectivity index (χ4v) is 1.27. The second-order valence-corrected chi connectivity index (χ2v) is 5.31. The van der Waals surface area contributed by atoms with Gasteiger partial charge in [0.25, 0.3) is 0 Å². The molecule has 3 nitrogen and oxygen atoms in total. The van der Waals surface area contributed by atoms with E-state index in [2.05, 4.69) is 39.9 Å². The molecule has 0 amide bonds. The Balaban J connectivity index is 2.40. The molecular formula is C14H25NO2. The Kier molecular flexibility index (Phi) is 5.22. The SMILES string of the molecule is CCC(C)(C)OCc1ccc(CNC(C)C)o1. The van der Waals surface area contributed by atoms with Gasteiger partial charge in [-0.25, -0.2) is 0 Å². The molecule has 0 saturated carbocycles. The molecule has 0 spiro atoms. The number of hydrogen-bond donors (Lipinski definition) is 1. The summed E-state index contributed by atoms with van der Waals surface area (Å²) in [5, 5.41) is 3.32. The first-order valence-corrected chi connectivity index (χ1v) is 6.38. The molecule has 0 aliphatic rings. The number of rotatable bonds is 7. The lowest BCUT2D eigenvalue weighted by molar-refractivity contribution is -0.0386. The molecule has 1 aromatic heterocycles. The number of hydrogen-bond acceptors (Lipinski definition) is 3. The van der Waals surface area contributed by atoms with E-state index in [1.807, 2.05) is 12.1 Å². The zero-order chi connectivity index (χ0) is 12.9. The Morgan fingerprint density at radius 3 is 2.53 bits per heavy atom. The zero-order valence-electron chi connectivity index (χ0n) is 11.7. The monoisotopic (exact) mass is 239 g/mol. The summed E-state index contributed by atoms with van der Waals surface area (Å²) in [7, 11) is 0. The summed E-state index contributed by atoms with van der Waals surface area (Å²) in [6.45, 7) is 11.9.